The number of ether oxygens (including phenoxy) is 2. The number of aromatic nitrogens is 2. The molecule has 0 atom stereocenters. The van der Waals surface area contributed by atoms with Crippen LogP contribution in [0.25, 0.3) is 0 Å². The van der Waals surface area contributed by atoms with Gasteiger partial charge in [0.05, 0.1) is 31.3 Å². The van der Waals surface area contributed by atoms with E-state index in [-0.39, 0.29) is 0 Å². The summed E-state index contributed by atoms with van der Waals surface area (Å²) in [5, 5.41) is 12.5. The van der Waals surface area contributed by atoms with E-state index in [1.165, 1.54) is 37.3 Å². The van der Waals surface area contributed by atoms with Gasteiger partial charge in [-0.25, -0.2) is 9.59 Å². The molecule has 2 aromatic rings. The Hall–Kier alpha value is -2.59. The van der Waals surface area contributed by atoms with Crippen LogP contribution in [0.3, 0.4) is 0 Å². The maximum Gasteiger partial charge on any atom is 0.336 e. The Morgan fingerprint density at radius 2 is 1.68 bits per heavy atom. The van der Waals surface area contributed by atoms with Gasteiger partial charge < -0.3 is 19.2 Å². The Kier molecular flexibility index (Phi) is 5.90. The number of allylic oxidation sites excluding steroid dienone is 2. The van der Waals surface area contributed by atoms with Crippen molar-refractivity contribution in [2.45, 2.75) is 36.1 Å². The third kappa shape index (κ3) is 3.83. The molecule has 3 rings (SSSR count). The summed E-state index contributed by atoms with van der Waals surface area (Å²) in [5.41, 5.74) is 1.78. The molecule has 1 aliphatic heterocycles. The second-order valence-corrected chi connectivity index (χ2v) is 8.40. The maximum atomic E-state index is 12.5. The molecule has 0 fully saturated rings. The molecule has 0 saturated heterocycles. The third-order valence-electron chi connectivity index (χ3n) is 4.15. The lowest BCUT2D eigenvalue weighted by molar-refractivity contribution is -0.137. The molecular weight excluding hydrogens is 402 g/mol. The van der Waals surface area contributed by atoms with Crippen LogP contribution in [0.2, 0.25) is 0 Å². The fourth-order valence-electron chi connectivity index (χ4n) is 2.99. The van der Waals surface area contributed by atoms with Crippen molar-refractivity contribution in [2.75, 3.05) is 14.2 Å². The molecular formula is C18H19N3O5S2. The molecule has 0 aromatic carbocycles. The van der Waals surface area contributed by atoms with Crippen molar-refractivity contribution in [1.82, 2.24) is 15.5 Å². The molecule has 3 heterocycles. The largest absolute Gasteiger partial charge is 0.466 e. The molecule has 0 amide bonds. The number of hydrogen-bond donors (Lipinski definition) is 1. The van der Waals surface area contributed by atoms with Gasteiger partial charge in [0, 0.05) is 11.4 Å². The first kappa shape index (κ1) is 20.2. The van der Waals surface area contributed by atoms with Gasteiger partial charge in [-0.1, -0.05) is 11.3 Å². The standard InChI is InChI=1S/C18H19N3O5S2/c1-8-13(16(22)24-4)15(14(9(2)19-8)17(23)25-5)11-6-7-12(26-11)28-18-21-20-10(3)27-18/h6-7,15,19H,1-5H3. The molecule has 28 heavy (non-hydrogen) atoms. The third-order valence-corrected chi connectivity index (χ3v) is 5.96. The van der Waals surface area contributed by atoms with Crippen molar-refractivity contribution in [3.63, 3.8) is 0 Å². The number of esters is 2. The highest BCUT2D eigenvalue weighted by molar-refractivity contribution is 8.00. The highest BCUT2D eigenvalue weighted by Gasteiger charge is 2.39. The van der Waals surface area contributed by atoms with Crippen molar-refractivity contribution in [3.8, 4) is 0 Å². The lowest BCUT2D eigenvalue weighted by atomic mass is 9.83. The highest BCUT2D eigenvalue weighted by Crippen LogP contribution is 2.41. The predicted molar refractivity (Wildman–Crippen MR) is 103 cm³/mol. The van der Waals surface area contributed by atoms with E-state index in [0.717, 1.165) is 9.35 Å². The van der Waals surface area contributed by atoms with Gasteiger partial charge in [-0.2, -0.15) is 0 Å². The van der Waals surface area contributed by atoms with Crippen molar-refractivity contribution >= 4 is 35.0 Å². The van der Waals surface area contributed by atoms with Crippen LogP contribution >= 0.6 is 23.1 Å². The van der Waals surface area contributed by atoms with Crippen LogP contribution in [0.1, 0.15) is 30.5 Å². The molecule has 10 heteroatoms. The zero-order chi connectivity index (χ0) is 20.4. The summed E-state index contributed by atoms with van der Waals surface area (Å²) in [5.74, 6) is -1.40. The van der Waals surface area contributed by atoms with Gasteiger partial charge in [-0.3, -0.25) is 0 Å². The van der Waals surface area contributed by atoms with Gasteiger partial charge >= 0.3 is 11.9 Å². The molecule has 8 nitrogen and oxygen atoms in total. The number of methoxy groups -OCH3 is 2. The fourth-order valence-corrected chi connectivity index (χ4v) is 4.71. The number of carbonyl (C=O) groups excluding carboxylic acids is 2. The van der Waals surface area contributed by atoms with Gasteiger partial charge in [0.1, 0.15) is 10.8 Å². The summed E-state index contributed by atoms with van der Waals surface area (Å²) >= 11 is 2.77. The van der Waals surface area contributed by atoms with Gasteiger partial charge in [0.2, 0.25) is 0 Å². The summed E-state index contributed by atoms with van der Waals surface area (Å²) in [6.45, 7) is 5.37. The molecule has 0 bridgehead atoms. The Balaban J connectivity index is 2.04. The van der Waals surface area contributed by atoms with E-state index in [1.807, 2.05) is 6.92 Å². The van der Waals surface area contributed by atoms with Gasteiger partial charge in [-0.05, 0) is 44.7 Å². The van der Waals surface area contributed by atoms with Crippen molar-refractivity contribution in [1.29, 1.82) is 0 Å². The second-order valence-electron chi connectivity index (χ2n) is 5.96. The van der Waals surface area contributed by atoms with Crippen molar-refractivity contribution in [2.24, 2.45) is 0 Å². The number of furan rings is 1. The van der Waals surface area contributed by atoms with Crippen LogP contribution in [0, 0.1) is 6.92 Å². The lowest BCUT2D eigenvalue weighted by Gasteiger charge is -2.28. The summed E-state index contributed by atoms with van der Waals surface area (Å²) in [7, 11) is 2.59. The maximum absolute atomic E-state index is 12.5. The summed E-state index contributed by atoms with van der Waals surface area (Å²) in [6.07, 6.45) is 0. The summed E-state index contributed by atoms with van der Waals surface area (Å²) in [6, 6.07) is 3.51. The van der Waals surface area contributed by atoms with Crippen molar-refractivity contribution in [3.05, 3.63) is 45.4 Å². The zero-order valence-corrected chi connectivity index (χ0v) is 17.6. The van der Waals surface area contributed by atoms with Crippen LogP contribution in [-0.2, 0) is 19.1 Å². The van der Waals surface area contributed by atoms with Crippen LogP contribution in [0.4, 0.5) is 0 Å². The number of carbonyl (C=O) groups is 2. The molecule has 0 radical (unpaired) electrons. The van der Waals surface area contributed by atoms with E-state index < -0.39 is 17.9 Å². The average molecular weight is 422 g/mol. The molecule has 1 aliphatic rings. The Morgan fingerprint density at radius 1 is 1.07 bits per heavy atom. The number of nitrogens with one attached hydrogen (secondary N) is 1. The first-order valence-electron chi connectivity index (χ1n) is 8.28. The molecule has 148 valence electrons. The first-order valence-corrected chi connectivity index (χ1v) is 9.91. The van der Waals surface area contributed by atoms with Crippen molar-refractivity contribution < 1.29 is 23.5 Å². The van der Waals surface area contributed by atoms with Crippen LogP contribution in [0.15, 0.2) is 48.5 Å². The molecule has 1 N–H and O–H groups in total. The Morgan fingerprint density at radius 3 is 2.18 bits per heavy atom. The number of dihydropyridines is 1. The number of hydrogen-bond acceptors (Lipinski definition) is 10. The molecule has 0 spiro atoms. The van der Waals surface area contributed by atoms with Crippen LogP contribution in [0.5, 0.6) is 0 Å². The van der Waals surface area contributed by atoms with Gasteiger partial charge in [0.15, 0.2) is 9.43 Å². The minimum absolute atomic E-state index is 0.297. The fraction of sp³-hybridized carbons (Fsp3) is 0.333. The highest BCUT2D eigenvalue weighted by atomic mass is 32.2. The number of nitrogens with zero attached hydrogens (tertiary/aromatic N) is 2. The first-order chi connectivity index (χ1) is 13.3. The molecule has 0 unspecified atom stereocenters. The monoisotopic (exact) mass is 421 g/mol. The van der Waals surface area contributed by atoms with E-state index in [9.17, 15) is 9.59 Å². The van der Waals surface area contributed by atoms with Crippen LogP contribution in [-0.4, -0.2) is 36.4 Å². The quantitative estimate of drug-likeness (QED) is 0.729. The minimum Gasteiger partial charge on any atom is -0.466 e. The Labute approximate surface area is 170 Å². The van der Waals surface area contributed by atoms with Gasteiger partial charge in [-0.15, -0.1) is 10.2 Å². The van der Waals surface area contributed by atoms with E-state index in [0.29, 0.717) is 33.4 Å². The summed E-state index contributed by atoms with van der Waals surface area (Å²) in [4.78, 5) is 24.9. The number of rotatable bonds is 5. The predicted octanol–water partition coefficient (Wildman–Crippen LogP) is 3.17. The zero-order valence-electron chi connectivity index (χ0n) is 16.0. The Bertz CT molecular complexity index is 951. The minimum atomic E-state index is -0.744. The van der Waals surface area contributed by atoms with E-state index in [2.05, 4.69) is 15.5 Å². The SMILES string of the molecule is COC(=O)C1=C(C)NC(C)=C(C(=O)OC)C1c1ccc(Sc2nnc(C)s2)o1. The molecule has 0 aliphatic carbocycles. The van der Waals surface area contributed by atoms with E-state index in [4.69, 9.17) is 13.9 Å². The number of aryl methyl sites for hydroxylation is 1. The van der Waals surface area contributed by atoms with Crippen LogP contribution < -0.4 is 5.32 Å². The lowest BCUT2D eigenvalue weighted by Crippen LogP contribution is -2.31. The topological polar surface area (TPSA) is 104 Å². The molecule has 2 aromatic heterocycles. The summed E-state index contributed by atoms with van der Waals surface area (Å²) < 4.78 is 16.6. The normalized spacial score (nSPS) is 14.9. The molecule has 0 saturated carbocycles. The smallest absolute Gasteiger partial charge is 0.336 e. The van der Waals surface area contributed by atoms with E-state index in [1.54, 1.807) is 26.0 Å². The van der Waals surface area contributed by atoms with E-state index >= 15 is 0 Å². The second kappa shape index (κ2) is 8.19. The average Bonchev–Trinajstić information content (AvgIpc) is 3.29. The van der Waals surface area contributed by atoms with Gasteiger partial charge in [0.25, 0.3) is 0 Å².